The lowest BCUT2D eigenvalue weighted by atomic mass is 9.77. The van der Waals surface area contributed by atoms with Gasteiger partial charge in [0.25, 0.3) is 0 Å². The first kappa shape index (κ1) is 26.1. The van der Waals surface area contributed by atoms with Crippen molar-refractivity contribution in [3.05, 3.63) is 71.0 Å². The predicted molar refractivity (Wildman–Crippen MR) is 117 cm³/mol. The van der Waals surface area contributed by atoms with Gasteiger partial charge in [0.15, 0.2) is 0 Å². The standard InChI is InChI=1S/C24H27F4NO2.ClH/c1-15-21(14-17-7-11-20(25)12-8-17)18(3-2-4-22(29)23(30)31-15)13-16-5-9-19(10-6-16)24(26,27)28;/h5-12,15,18,21-22H,2-4,13-14,29H2,1H3;1H/t15-,18+,21-,22-;/m0./s1. The minimum absolute atomic E-state index is 0. The lowest BCUT2D eigenvalue weighted by Gasteiger charge is -2.31. The van der Waals surface area contributed by atoms with E-state index in [0.29, 0.717) is 25.7 Å². The van der Waals surface area contributed by atoms with Crippen molar-refractivity contribution in [3.63, 3.8) is 0 Å². The molecule has 3 rings (SSSR count). The highest BCUT2D eigenvalue weighted by Crippen LogP contribution is 2.34. The fourth-order valence-electron chi connectivity index (χ4n) is 4.28. The zero-order valence-corrected chi connectivity index (χ0v) is 18.6. The molecule has 0 aliphatic carbocycles. The van der Waals surface area contributed by atoms with Gasteiger partial charge in [-0.3, -0.25) is 4.79 Å². The van der Waals surface area contributed by atoms with E-state index >= 15 is 0 Å². The van der Waals surface area contributed by atoms with E-state index in [1.807, 2.05) is 6.92 Å². The molecule has 0 amide bonds. The molecule has 3 nitrogen and oxygen atoms in total. The number of rotatable bonds is 4. The van der Waals surface area contributed by atoms with Gasteiger partial charge in [-0.25, -0.2) is 4.39 Å². The van der Waals surface area contributed by atoms with Crippen LogP contribution in [0.15, 0.2) is 48.5 Å². The van der Waals surface area contributed by atoms with E-state index in [2.05, 4.69) is 0 Å². The molecule has 2 aromatic rings. The van der Waals surface area contributed by atoms with Crippen LogP contribution in [0, 0.1) is 17.7 Å². The topological polar surface area (TPSA) is 52.3 Å². The van der Waals surface area contributed by atoms with E-state index in [4.69, 9.17) is 10.5 Å². The van der Waals surface area contributed by atoms with E-state index in [-0.39, 0.29) is 30.1 Å². The summed E-state index contributed by atoms with van der Waals surface area (Å²) in [6.45, 7) is 1.82. The molecule has 176 valence electrons. The molecule has 1 heterocycles. The van der Waals surface area contributed by atoms with Gasteiger partial charge in [0.05, 0.1) is 5.56 Å². The van der Waals surface area contributed by atoms with Crippen LogP contribution in [0.5, 0.6) is 0 Å². The Morgan fingerprint density at radius 2 is 1.53 bits per heavy atom. The molecular formula is C24H28ClF4NO2. The average molecular weight is 474 g/mol. The lowest BCUT2D eigenvalue weighted by molar-refractivity contribution is -0.153. The van der Waals surface area contributed by atoms with Gasteiger partial charge >= 0.3 is 12.1 Å². The first-order valence-electron chi connectivity index (χ1n) is 10.5. The van der Waals surface area contributed by atoms with Gasteiger partial charge in [0, 0.05) is 5.92 Å². The first-order chi connectivity index (χ1) is 14.6. The Labute approximate surface area is 191 Å². The zero-order valence-electron chi connectivity index (χ0n) is 17.8. The number of esters is 1. The Kier molecular flexibility index (Phi) is 9.10. The van der Waals surface area contributed by atoms with Crippen LogP contribution in [-0.2, 0) is 28.5 Å². The van der Waals surface area contributed by atoms with Gasteiger partial charge in [-0.1, -0.05) is 30.7 Å². The van der Waals surface area contributed by atoms with Crippen LogP contribution in [0.4, 0.5) is 17.6 Å². The predicted octanol–water partition coefficient (Wildman–Crippen LogP) is 5.73. The van der Waals surface area contributed by atoms with Gasteiger partial charge in [0.1, 0.15) is 18.0 Å². The van der Waals surface area contributed by atoms with Crippen molar-refractivity contribution in [3.8, 4) is 0 Å². The van der Waals surface area contributed by atoms with E-state index < -0.39 is 29.9 Å². The summed E-state index contributed by atoms with van der Waals surface area (Å²) >= 11 is 0. The van der Waals surface area contributed by atoms with Crippen LogP contribution in [0.1, 0.15) is 42.9 Å². The van der Waals surface area contributed by atoms with E-state index in [1.54, 1.807) is 12.1 Å². The molecule has 2 N–H and O–H groups in total. The molecule has 1 aliphatic heterocycles. The second kappa shape index (κ2) is 11.1. The second-order valence-corrected chi connectivity index (χ2v) is 8.33. The number of halogens is 5. The summed E-state index contributed by atoms with van der Waals surface area (Å²) in [5.41, 5.74) is 6.96. The fraction of sp³-hybridized carbons (Fsp3) is 0.458. The SMILES string of the molecule is C[C@@H]1OC(=O)[C@@H](N)CCC[C@H](Cc2ccc(C(F)(F)F)cc2)[C@H]1Cc1ccc(F)cc1.Cl. The van der Waals surface area contributed by atoms with E-state index in [0.717, 1.165) is 29.7 Å². The van der Waals surface area contributed by atoms with Gasteiger partial charge in [0.2, 0.25) is 0 Å². The van der Waals surface area contributed by atoms with Crippen molar-refractivity contribution in [2.75, 3.05) is 0 Å². The summed E-state index contributed by atoms with van der Waals surface area (Å²) in [7, 11) is 0. The lowest BCUT2D eigenvalue weighted by Crippen LogP contribution is -2.37. The summed E-state index contributed by atoms with van der Waals surface area (Å²) in [5, 5.41) is 0. The van der Waals surface area contributed by atoms with Gasteiger partial charge in [-0.05, 0) is 73.9 Å². The second-order valence-electron chi connectivity index (χ2n) is 8.33. The number of hydrogen-bond acceptors (Lipinski definition) is 3. The van der Waals surface area contributed by atoms with Crippen molar-refractivity contribution in [1.29, 1.82) is 0 Å². The molecule has 0 spiro atoms. The third-order valence-electron chi connectivity index (χ3n) is 6.07. The fourth-order valence-corrected chi connectivity index (χ4v) is 4.28. The van der Waals surface area contributed by atoms with Crippen molar-refractivity contribution in [2.24, 2.45) is 17.6 Å². The Morgan fingerprint density at radius 1 is 0.969 bits per heavy atom. The van der Waals surface area contributed by atoms with Crippen LogP contribution >= 0.6 is 12.4 Å². The molecule has 1 aliphatic rings. The van der Waals surface area contributed by atoms with Crippen molar-refractivity contribution < 1.29 is 27.1 Å². The molecule has 2 aromatic carbocycles. The smallest absolute Gasteiger partial charge is 0.416 e. The maximum atomic E-state index is 13.3. The van der Waals surface area contributed by atoms with Crippen molar-refractivity contribution in [1.82, 2.24) is 0 Å². The number of alkyl halides is 3. The quantitative estimate of drug-likeness (QED) is 0.456. The number of ether oxygens (including phenoxy) is 1. The summed E-state index contributed by atoms with van der Waals surface area (Å²) in [6.07, 6.45) is -1.70. The summed E-state index contributed by atoms with van der Waals surface area (Å²) in [4.78, 5) is 12.3. The molecular weight excluding hydrogens is 446 g/mol. The summed E-state index contributed by atoms with van der Waals surface area (Å²) < 4.78 is 57.6. The maximum Gasteiger partial charge on any atom is 0.416 e. The molecule has 0 saturated carbocycles. The van der Waals surface area contributed by atoms with Crippen LogP contribution in [-0.4, -0.2) is 18.1 Å². The third-order valence-corrected chi connectivity index (χ3v) is 6.07. The van der Waals surface area contributed by atoms with E-state index in [1.165, 1.54) is 24.3 Å². The Hall–Kier alpha value is -2.12. The molecule has 0 aromatic heterocycles. The molecule has 1 fully saturated rings. The molecule has 0 unspecified atom stereocenters. The van der Waals surface area contributed by atoms with E-state index in [9.17, 15) is 22.4 Å². The first-order valence-corrected chi connectivity index (χ1v) is 10.5. The maximum absolute atomic E-state index is 13.3. The minimum atomic E-state index is -4.37. The normalized spacial score (nSPS) is 24.5. The monoisotopic (exact) mass is 473 g/mol. The Balaban J connectivity index is 0.00000363. The van der Waals surface area contributed by atoms with Gasteiger partial charge in [-0.15, -0.1) is 12.4 Å². The van der Waals surface area contributed by atoms with Crippen LogP contribution in [0.25, 0.3) is 0 Å². The van der Waals surface area contributed by atoms with Gasteiger partial charge in [-0.2, -0.15) is 13.2 Å². The summed E-state index contributed by atoms with van der Waals surface area (Å²) in [5.74, 6) is -0.784. The highest BCUT2D eigenvalue weighted by molar-refractivity contribution is 5.85. The number of benzene rings is 2. The number of cyclic esters (lactones) is 1. The molecule has 32 heavy (non-hydrogen) atoms. The molecule has 8 heteroatoms. The number of hydrogen-bond donors (Lipinski definition) is 1. The third kappa shape index (κ3) is 6.94. The molecule has 0 bridgehead atoms. The Morgan fingerprint density at radius 3 is 2.12 bits per heavy atom. The van der Waals surface area contributed by atoms with Crippen molar-refractivity contribution in [2.45, 2.75) is 57.3 Å². The molecule has 4 atom stereocenters. The minimum Gasteiger partial charge on any atom is -0.461 e. The summed E-state index contributed by atoms with van der Waals surface area (Å²) in [6, 6.07) is 10.7. The van der Waals surface area contributed by atoms with Gasteiger partial charge < -0.3 is 10.5 Å². The average Bonchev–Trinajstić information content (AvgIpc) is 2.75. The van der Waals surface area contributed by atoms with Crippen molar-refractivity contribution >= 4 is 18.4 Å². The number of carbonyl (C=O) groups is 1. The van der Waals surface area contributed by atoms with Crippen LogP contribution in [0.3, 0.4) is 0 Å². The van der Waals surface area contributed by atoms with Crippen LogP contribution in [0.2, 0.25) is 0 Å². The number of carbonyl (C=O) groups excluding carboxylic acids is 1. The highest BCUT2D eigenvalue weighted by Gasteiger charge is 2.33. The largest absolute Gasteiger partial charge is 0.461 e. The Bertz CT molecular complexity index is 871. The molecule has 1 saturated heterocycles. The zero-order chi connectivity index (χ0) is 22.6. The number of nitrogens with two attached hydrogens (primary N) is 1. The van der Waals surface area contributed by atoms with Crippen LogP contribution < -0.4 is 5.73 Å². The molecule has 0 radical (unpaired) electrons. The highest BCUT2D eigenvalue weighted by atomic mass is 35.5.